The lowest BCUT2D eigenvalue weighted by atomic mass is 9.94. The number of amides is 4. The summed E-state index contributed by atoms with van der Waals surface area (Å²) in [6.45, 7) is 2.50. The van der Waals surface area contributed by atoms with E-state index in [1.807, 2.05) is 24.3 Å². The maximum absolute atomic E-state index is 13.7. The topological polar surface area (TPSA) is 104 Å². The number of rotatable bonds is 7. The van der Waals surface area contributed by atoms with Crippen LogP contribution in [0.3, 0.4) is 0 Å². The summed E-state index contributed by atoms with van der Waals surface area (Å²) in [5.74, 6) is 1.33. The van der Waals surface area contributed by atoms with Gasteiger partial charge >= 0.3 is 6.03 Å². The smallest absolute Gasteiger partial charge is 0.322 e. The minimum absolute atomic E-state index is 0.0650. The predicted octanol–water partition coefficient (Wildman–Crippen LogP) is 1.85. The molecule has 11 nitrogen and oxygen atoms in total. The van der Waals surface area contributed by atoms with Crippen LogP contribution in [0.25, 0.3) is 0 Å². The van der Waals surface area contributed by atoms with Crippen LogP contribution in [0, 0.1) is 0 Å². The van der Waals surface area contributed by atoms with E-state index in [0.29, 0.717) is 54.5 Å². The molecule has 2 aromatic rings. The van der Waals surface area contributed by atoms with Crippen LogP contribution < -0.4 is 24.4 Å². The van der Waals surface area contributed by atoms with E-state index >= 15 is 0 Å². The van der Waals surface area contributed by atoms with Gasteiger partial charge in [-0.3, -0.25) is 14.5 Å². The average Bonchev–Trinajstić information content (AvgIpc) is 3.30. The highest BCUT2D eigenvalue weighted by Gasteiger charge is 2.44. The molecule has 2 aromatic carbocycles. The van der Waals surface area contributed by atoms with Crippen LogP contribution in [0.15, 0.2) is 53.7 Å². The monoisotopic (exact) mass is 535 g/mol. The van der Waals surface area contributed by atoms with Gasteiger partial charge in [0.25, 0.3) is 5.91 Å². The Balaban J connectivity index is 1.30. The van der Waals surface area contributed by atoms with E-state index in [0.717, 1.165) is 11.4 Å². The van der Waals surface area contributed by atoms with Crippen LogP contribution in [-0.2, 0) is 9.59 Å². The number of nitrogens with one attached hydrogen (secondary N) is 1. The Labute approximate surface area is 227 Å². The molecule has 0 saturated carbocycles. The van der Waals surface area contributed by atoms with Crippen molar-refractivity contribution in [1.82, 2.24) is 20.0 Å². The number of urea groups is 1. The summed E-state index contributed by atoms with van der Waals surface area (Å²) in [6.07, 6.45) is 0. The zero-order valence-corrected chi connectivity index (χ0v) is 22.6. The minimum Gasteiger partial charge on any atom is -0.495 e. The Hall–Kier alpha value is -4.41. The van der Waals surface area contributed by atoms with Gasteiger partial charge in [0.1, 0.15) is 12.3 Å². The van der Waals surface area contributed by atoms with Crippen LogP contribution in [0.2, 0.25) is 0 Å². The highest BCUT2D eigenvalue weighted by Crippen LogP contribution is 2.42. The lowest BCUT2D eigenvalue weighted by Crippen LogP contribution is -2.51. The van der Waals surface area contributed by atoms with Crippen LogP contribution >= 0.6 is 0 Å². The van der Waals surface area contributed by atoms with Gasteiger partial charge in [-0.1, -0.05) is 24.3 Å². The maximum atomic E-state index is 13.7. The van der Waals surface area contributed by atoms with Gasteiger partial charge in [0, 0.05) is 38.8 Å². The number of para-hydroxylation sites is 3. The zero-order valence-electron chi connectivity index (χ0n) is 22.6. The third-order valence-electron chi connectivity index (χ3n) is 7.56. The molecule has 0 aliphatic carbocycles. The highest BCUT2D eigenvalue weighted by molar-refractivity contribution is 6.03. The Morgan fingerprint density at radius 1 is 0.923 bits per heavy atom. The van der Waals surface area contributed by atoms with Crippen molar-refractivity contribution in [2.24, 2.45) is 0 Å². The maximum Gasteiger partial charge on any atom is 0.322 e. The lowest BCUT2D eigenvalue weighted by Gasteiger charge is -2.37. The number of hydrogen-bond donors (Lipinski definition) is 1. The fourth-order valence-corrected chi connectivity index (χ4v) is 5.47. The van der Waals surface area contributed by atoms with Crippen molar-refractivity contribution in [2.45, 2.75) is 6.04 Å². The Morgan fingerprint density at radius 2 is 1.62 bits per heavy atom. The van der Waals surface area contributed by atoms with E-state index in [9.17, 15) is 14.4 Å². The van der Waals surface area contributed by atoms with Crippen molar-refractivity contribution < 1.29 is 28.6 Å². The van der Waals surface area contributed by atoms with Crippen LogP contribution in [0.4, 0.5) is 10.5 Å². The molecule has 0 aromatic heterocycles. The number of piperazine rings is 1. The first-order valence-electron chi connectivity index (χ1n) is 12.8. The summed E-state index contributed by atoms with van der Waals surface area (Å²) in [7, 11) is 6.32. The largest absolute Gasteiger partial charge is 0.495 e. The molecule has 0 bridgehead atoms. The van der Waals surface area contributed by atoms with Crippen LogP contribution in [0.1, 0.15) is 11.6 Å². The summed E-state index contributed by atoms with van der Waals surface area (Å²) in [6, 6.07) is 12.1. The van der Waals surface area contributed by atoms with E-state index in [-0.39, 0.29) is 30.9 Å². The quantitative estimate of drug-likeness (QED) is 0.577. The van der Waals surface area contributed by atoms with Gasteiger partial charge in [-0.2, -0.15) is 0 Å². The van der Waals surface area contributed by atoms with Crippen molar-refractivity contribution in [3.63, 3.8) is 0 Å². The third-order valence-corrected chi connectivity index (χ3v) is 7.56. The zero-order chi connectivity index (χ0) is 27.7. The molecule has 0 unspecified atom stereocenters. The van der Waals surface area contributed by atoms with Gasteiger partial charge in [-0.15, -0.1) is 0 Å². The molecule has 11 heteroatoms. The van der Waals surface area contributed by atoms with Gasteiger partial charge < -0.3 is 34.2 Å². The van der Waals surface area contributed by atoms with E-state index in [2.05, 4.69) is 10.2 Å². The molecule has 1 N–H and O–H groups in total. The van der Waals surface area contributed by atoms with E-state index in [4.69, 9.17) is 14.2 Å². The summed E-state index contributed by atoms with van der Waals surface area (Å²) in [4.78, 5) is 46.7. The highest BCUT2D eigenvalue weighted by atomic mass is 16.5. The predicted molar refractivity (Wildman–Crippen MR) is 144 cm³/mol. The molecule has 1 atom stereocenters. The second-order valence-corrected chi connectivity index (χ2v) is 9.59. The number of likely N-dealkylation sites (N-methyl/N-ethyl adjacent to an activating group) is 1. The van der Waals surface area contributed by atoms with Crippen LogP contribution in [-0.4, -0.2) is 100 Å². The molecule has 1 fully saturated rings. The van der Waals surface area contributed by atoms with Crippen molar-refractivity contribution >= 4 is 23.5 Å². The number of anilines is 1. The summed E-state index contributed by atoms with van der Waals surface area (Å²) < 4.78 is 16.5. The number of benzene rings is 2. The molecule has 0 radical (unpaired) electrons. The number of carbonyl (C=O) groups is 3. The van der Waals surface area contributed by atoms with Gasteiger partial charge in [-0.25, -0.2) is 4.79 Å². The fourth-order valence-electron chi connectivity index (χ4n) is 5.47. The number of carbonyl (C=O) groups excluding carboxylic acids is 3. The van der Waals surface area contributed by atoms with Gasteiger partial charge in [0.05, 0.1) is 50.9 Å². The SMILES string of the molecule is COc1ccccc1N1CCN(C(=O)CN2CC3=C(C2=O)[C@H](c2cccc(OC)c2OC)NC(=O)N3C)CC1. The van der Waals surface area contributed by atoms with Gasteiger partial charge in [0.15, 0.2) is 11.5 Å². The van der Waals surface area contributed by atoms with Gasteiger partial charge in [0.2, 0.25) is 5.91 Å². The first-order chi connectivity index (χ1) is 18.9. The van der Waals surface area contributed by atoms with Crippen LogP contribution in [0.5, 0.6) is 17.2 Å². The Morgan fingerprint density at radius 3 is 2.31 bits per heavy atom. The molecule has 39 heavy (non-hydrogen) atoms. The molecule has 3 aliphatic heterocycles. The summed E-state index contributed by atoms with van der Waals surface area (Å²) in [5, 5.41) is 2.91. The normalized spacial score (nSPS) is 19.2. The molecule has 206 valence electrons. The first kappa shape index (κ1) is 26.2. The number of nitrogens with zero attached hydrogens (tertiary/aromatic N) is 4. The number of hydrogen-bond acceptors (Lipinski definition) is 7. The lowest BCUT2D eigenvalue weighted by molar-refractivity contribution is -0.137. The average molecular weight is 536 g/mol. The Kier molecular flexibility index (Phi) is 7.23. The molecular formula is C28H33N5O6. The van der Waals surface area contributed by atoms with E-state index in [1.54, 1.807) is 37.3 Å². The number of ether oxygens (including phenoxy) is 3. The summed E-state index contributed by atoms with van der Waals surface area (Å²) in [5.41, 5.74) is 2.61. The molecule has 4 amide bonds. The minimum atomic E-state index is -0.731. The molecule has 3 heterocycles. The standard InChI is InChI=1S/C28H33N5O6/c1-30-20-16-33(17-23(34)32-14-12-31(13-15-32)19-9-5-6-10-21(19)37-2)27(35)24(20)25(29-28(30)36)18-8-7-11-22(38-3)26(18)39-4/h5-11,25H,12-17H2,1-4H3,(H,29,36)/t25-/m0/s1. The third kappa shape index (κ3) is 4.68. The molecule has 5 rings (SSSR count). The molecule has 3 aliphatic rings. The second kappa shape index (κ2) is 10.8. The van der Waals surface area contributed by atoms with Crippen molar-refractivity contribution in [2.75, 3.05) is 72.5 Å². The molecule has 0 spiro atoms. The Bertz CT molecular complexity index is 1320. The first-order valence-corrected chi connectivity index (χ1v) is 12.8. The van der Waals surface area contributed by atoms with E-state index in [1.165, 1.54) is 24.0 Å². The van der Waals surface area contributed by atoms with Crippen molar-refractivity contribution in [3.05, 3.63) is 59.3 Å². The van der Waals surface area contributed by atoms with E-state index < -0.39 is 6.04 Å². The van der Waals surface area contributed by atoms with Crippen molar-refractivity contribution in [3.8, 4) is 17.2 Å². The van der Waals surface area contributed by atoms with Gasteiger partial charge in [-0.05, 0) is 18.2 Å². The van der Waals surface area contributed by atoms with Crippen molar-refractivity contribution in [1.29, 1.82) is 0 Å². The number of methoxy groups -OCH3 is 3. The molecular weight excluding hydrogens is 502 g/mol. The summed E-state index contributed by atoms with van der Waals surface area (Å²) >= 11 is 0. The second-order valence-electron chi connectivity index (χ2n) is 9.59. The fraction of sp³-hybridized carbons (Fsp3) is 0.393. The molecule has 1 saturated heterocycles.